The van der Waals surface area contributed by atoms with Gasteiger partial charge in [0.2, 0.25) is 0 Å². The van der Waals surface area contributed by atoms with Gasteiger partial charge in [0.15, 0.2) is 0 Å². The molecule has 0 aliphatic carbocycles. The fraction of sp³-hybridized carbons (Fsp3) is 0. The first-order valence-corrected chi connectivity index (χ1v) is 32.2. The van der Waals surface area contributed by atoms with Gasteiger partial charge in [-0.2, -0.15) is 0 Å². The number of para-hydroxylation sites is 4. The third-order valence-electron chi connectivity index (χ3n) is 18.5. The minimum atomic E-state index is 1.02. The number of fused-ring (bicyclic) bond motifs is 6. The molecule has 0 bridgehead atoms. The van der Waals surface area contributed by atoms with Gasteiger partial charge in [0.25, 0.3) is 0 Å². The van der Waals surface area contributed by atoms with Gasteiger partial charge in [-0.15, -0.1) is 0 Å². The van der Waals surface area contributed by atoms with Crippen molar-refractivity contribution in [1.29, 1.82) is 0 Å². The summed E-state index contributed by atoms with van der Waals surface area (Å²) in [6, 6.07) is 138. The molecule has 0 saturated heterocycles. The molecule has 0 unspecified atom stereocenters. The average molecular weight is 1200 g/mol. The van der Waals surface area contributed by atoms with Crippen LogP contribution in [0.15, 0.2) is 376 Å². The van der Waals surface area contributed by atoms with Crippen LogP contribution in [0.3, 0.4) is 0 Å². The van der Waals surface area contributed by atoms with Crippen molar-refractivity contribution in [2.24, 2.45) is 0 Å². The summed E-state index contributed by atoms with van der Waals surface area (Å²) < 4.78 is 4.81. The fourth-order valence-electron chi connectivity index (χ4n) is 14.0. The Hall–Kier alpha value is -12.5. The number of anilines is 6. The maximum absolute atomic E-state index is 2.49. The maximum atomic E-state index is 2.49. The molecule has 17 aromatic rings. The molecule has 94 heavy (non-hydrogen) atoms. The quantitative estimate of drug-likeness (QED) is 0.108. The second kappa shape index (κ2) is 24.0. The van der Waals surface area contributed by atoms with E-state index in [9.17, 15) is 0 Å². The molecule has 0 saturated carbocycles. The van der Waals surface area contributed by atoms with Crippen LogP contribution >= 0.6 is 0 Å². The van der Waals surface area contributed by atoms with Crippen molar-refractivity contribution >= 4 is 77.7 Å². The minimum absolute atomic E-state index is 1.02. The average Bonchev–Trinajstić information content (AvgIpc) is 1.44. The summed E-state index contributed by atoms with van der Waals surface area (Å²) in [4.78, 5) is 4.97. The van der Waals surface area contributed by atoms with Gasteiger partial charge in [-0.25, -0.2) is 0 Å². The zero-order valence-corrected chi connectivity index (χ0v) is 51.6. The summed E-state index contributed by atoms with van der Waals surface area (Å²) >= 11 is 0. The molecular weight excluding hydrogens is 1140 g/mol. The molecule has 442 valence electrons. The number of nitrogens with zero attached hydrogens (tertiary/aromatic N) is 4. The molecule has 0 atom stereocenters. The Kier molecular flexibility index (Phi) is 14.2. The van der Waals surface area contributed by atoms with E-state index < -0.39 is 0 Å². The van der Waals surface area contributed by atoms with Crippen LogP contribution in [0.2, 0.25) is 0 Å². The Morgan fingerprint density at radius 1 is 0.170 bits per heavy atom. The highest BCUT2D eigenvalue weighted by Crippen LogP contribution is 2.52. The van der Waals surface area contributed by atoms with Crippen molar-refractivity contribution in [3.63, 3.8) is 0 Å². The Morgan fingerprint density at radius 3 is 0.702 bits per heavy atom. The minimum Gasteiger partial charge on any atom is -0.310 e. The lowest BCUT2D eigenvalue weighted by atomic mass is 9.92. The van der Waals surface area contributed by atoms with E-state index in [1.807, 2.05) is 0 Å². The smallest absolute Gasteiger partial charge is 0.0547 e. The number of aromatic nitrogens is 2. The van der Waals surface area contributed by atoms with E-state index in [-0.39, 0.29) is 0 Å². The molecule has 0 aliphatic heterocycles. The van der Waals surface area contributed by atoms with E-state index in [2.05, 4.69) is 395 Å². The van der Waals surface area contributed by atoms with E-state index >= 15 is 0 Å². The lowest BCUT2D eigenvalue weighted by molar-refractivity contribution is 1.18. The van der Waals surface area contributed by atoms with Crippen LogP contribution in [-0.4, -0.2) is 9.13 Å². The first-order chi connectivity index (χ1) is 46.6. The molecule has 0 N–H and O–H groups in total. The summed E-state index contributed by atoms with van der Waals surface area (Å²) in [6.07, 6.45) is 0. The van der Waals surface area contributed by atoms with Crippen LogP contribution in [0.4, 0.5) is 34.1 Å². The maximum Gasteiger partial charge on any atom is 0.0547 e. The molecule has 4 heteroatoms. The first kappa shape index (κ1) is 55.6. The normalized spacial score (nSPS) is 11.4. The molecule has 0 aliphatic rings. The lowest BCUT2D eigenvalue weighted by Gasteiger charge is -2.33. The summed E-state index contributed by atoms with van der Waals surface area (Å²) in [5, 5.41) is 4.72. The lowest BCUT2D eigenvalue weighted by Crippen LogP contribution is -2.15. The predicted octanol–water partition coefficient (Wildman–Crippen LogP) is 24.8. The molecule has 4 nitrogen and oxygen atoms in total. The summed E-state index contributed by atoms with van der Waals surface area (Å²) in [5.74, 6) is 0. The fourth-order valence-corrected chi connectivity index (χ4v) is 14.0. The predicted molar refractivity (Wildman–Crippen MR) is 397 cm³/mol. The van der Waals surface area contributed by atoms with Gasteiger partial charge >= 0.3 is 0 Å². The summed E-state index contributed by atoms with van der Waals surface area (Å²) in [5.41, 5.74) is 26.5. The Morgan fingerprint density at radius 2 is 0.404 bits per heavy atom. The molecule has 2 aromatic heterocycles. The van der Waals surface area contributed by atoms with Gasteiger partial charge in [-0.1, -0.05) is 255 Å². The third-order valence-corrected chi connectivity index (χ3v) is 18.5. The zero-order chi connectivity index (χ0) is 62.3. The topological polar surface area (TPSA) is 16.3 Å². The molecule has 17 rings (SSSR count). The molecule has 15 aromatic carbocycles. The van der Waals surface area contributed by atoms with Gasteiger partial charge in [0.1, 0.15) is 0 Å². The Bertz CT molecular complexity index is 5020. The molecule has 2 heterocycles. The largest absolute Gasteiger partial charge is 0.310 e. The van der Waals surface area contributed by atoms with Crippen LogP contribution in [0.1, 0.15) is 0 Å². The number of rotatable bonds is 14. The van der Waals surface area contributed by atoms with Crippen molar-refractivity contribution in [1.82, 2.24) is 9.13 Å². The summed E-state index contributed by atoms with van der Waals surface area (Å²) in [6.45, 7) is 0. The van der Waals surface area contributed by atoms with Crippen LogP contribution in [-0.2, 0) is 0 Å². The summed E-state index contributed by atoms with van der Waals surface area (Å²) in [7, 11) is 0. The molecule has 0 spiro atoms. The van der Waals surface area contributed by atoms with Crippen molar-refractivity contribution in [3.8, 4) is 78.1 Å². The van der Waals surface area contributed by atoms with E-state index in [0.717, 1.165) is 112 Å². The van der Waals surface area contributed by atoms with Crippen LogP contribution in [0.25, 0.3) is 122 Å². The van der Waals surface area contributed by atoms with Gasteiger partial charge in [-0.3, -0.25) is 0 Å². The highest BCUT2D eigenvalue weighted by molar-refractivity contribution is 6.13. The monoisotopic (exact) mass is 1200 g/mol. The number of hydrogen-bond acceptors (Lipinski definition) is 2. The van der Waals surface area contributed by atoms with E-state index in [1.54, 1.807) is 0 Å². The van der Waals surface area contributed by atoms with Crippen molar-refractivity contribution in [2.45, 2.75) is 0 Å². The zero-order valence-electron chi connectivity index (χ0n) is 51.6. The highest BCUT2D eigenvalue weighted by atomic mass is 15.2. The SMILES string of the molecule is c1ccc(-c2ccc(N(c3ccc(-c4ccccc4)cc3)c3cc(-c4ccc5c(c4)c4ccccc4n5-c4ccccc4)c(N(c4ccc(-c5ccccc5)cc4)c4ccc(-c5ccccc5)cc4)cc3-c3ccc4c(c3)c3ccccc3n4-c3ccccc3)cc2)cc1. The Labute approximate surface area is 547 Å². The van der Waals surface area contributed by atoms with Crippen LogP contribution < -0.4 is 9.80 Å². The van der Waals surface area contributed by atoms with Crippen molar-refractivity contribution in [3.05, 3.63) is 376 Å². The van der Waals surface area contributed by atoms with Crippen LogP contribution in [0.5, 0.6) is 0 Å². The number of hydrogen-bond donors (Lipinski definition) is 0. The first-order valence-electron chi connectivity index (χ1n) is 32.2. The van der Waals surface area contributed by atoms with Gasteiger partial charge in [0.05, 0.1) is 33.4 Å². The van der Waals surface area contributed by atoms with Crippen LogP contribution in [0, 0.1) is 0 Å². The van der Waals surface area contributed by atoms with Crippen molar-refractivity contribution in [2.75, 3.05) is 9.80 Å². The molecule has 0 amide bonds. The molecule has 0 radical (unpaired) electrons. The molecular formula is C90H62N4. The van der Waals surface area contributed by atoms with E-state index in [4.69, 9.17) is 0 Å². The number of benzene rings is 15. The Balaban J connectivity index is 0.984. The second-order valence-electron chi connectivity index (χ2n) is 24.0. The van der Waals surface area contributed by atoms with Gasteiger partial charge < -0.3 is 18.9 Å². The van der Waals surface area contributed by atoms with Gasteiger partial charge in [-0.05, 0) is 177 Å². The standard InChI is InChI=1S/C90H62N4/c1-7-23-63(24-8-1)67-39-49-75(50-40-67)91(76-51-41-68(42-52-76)64-25-9-2-10-26-64)89-61-82(72-48-58-88-84(60-72)80-36-20-22-38-86(80)94(88)74-33-17-6-18-34-74)90(62-81(89)71-47-57-87-83(59-71)79-35-19-21-37-85(79)93(87)73-31-15-5-16-32-73)92(77-53-43-69(44-54-77)65-27-11-3-12-28-65)78-55-45-70(46-56-78)66-29-13-4-14-30-66/h1-62H. The third kappa shape index (κ3) is 10.2. The second-order valence-corrected chi connectivity index (χ2v) is 24.0. The van der Waals surface area contributed by atoms with E-state index in [0.29, 0.717) is 0 Å². The van der Waals surface area contributed by atoms with Crippen molar-refractivity contribution < 1.29 is 0 Å². The van der Waals surface area contributed by atoms with E-state index in [1.165, 1.54) is 43.8 Å². The highest BCUT2D eigenvalue weighted by Gasteiger charge is 2.27. The molecule has 0 fully saturated rings. The van der Waals surface area contributed by atoms with Gasteiger partial charge in [0, 0.05) is 66.8 Å².